The highest BCUT2D eigenvalue weighted by atomic mass is 32.1. The van der Waals surface area contributed by atoms with Crippen molar-refractivity contribution in [2.75, 3.05) is 14.2 Å². The maximum Gasteiger partial charge on any atom is 0.202 e. The van der Waals surface area contributed by atoms with Gasteiger partial charge in [0.05, 0.1) is 19.4 Å². The van der Waals surface area contributed by atoms with Crippen LogP contribution in [0.4, 0.5) is 0 Å². The molecule has 4 nitrogen and oxygen atoms in total. The van der Waals surface area contributed by atoms with Crippen molar-refractivity contribution in [3.8, 4) is 0 Å². The lowest BCUT2D eigenvalue weighted by Gasteiger charge is -2.38. The number of hydrogen-bond acceptors (Lipinski definition) is 5. The average molecular weight is 486 g/mol. The van der Waals surface area contributed by atoms with Crippen LogP contribution in [0.15, 0.2) is 63.9 Å². The molecule has 0 aliphatic heterocycles. The molecule has 0 saturated carbocycles. The molecule has 1 N–H and O–H groups in total. The van der Waals surface area contributed by atoms with E-state index in [2.05, 4.69) is 52.0 Å². The van der Waals surface area contributed by atoms with Crippen LogP contribution >= 0.6 is 11.3 Å². The van der Waals surface area contributed by atoms with E-state index < -0.39 is 6.10 Å². The fourth-order valence-corrected chi connectivity index (χ4v) is 5.23. The van der Waals surface area contributed by atoms with E-state index in [4.69, 9.17) is 4.74 Å². The Balaban J connectivity index is 2.04. The fourth-order valence-electron chi connectivity index (χ4n) is 4.47. The number of carbonyl (C=O) groups is 1. The third-order valence-corrected chi connectivity index (χ3v) is 7.51. The number of allylic oxidation sites excluding steroid dienone is 7. The van der Waals surface area contributed by atoms with Crippen molar-refractivity contribution in [2.45, 2.75) is 79.4 Å². The van der Waals surface area contributed by atoms with Crippen molar-refractivity contribution < 1.29 is 14.6 Å². The third kappa shape index (κ3) is 7.99. The van der Waals surface area contributed by atoms with E-state index in [-0.39, 0.29) is 17.6 Å². The average Bonchev–Trinajstić information content (AvgIpc) is 3.28. The molecule has 0 aromatic carbocycles. The van der Waals surface area contributed by atoms with Crippen molar-refractivity contribution in [2.24, 2.45) is 11.8 Å². The van der Waals surface area contributed by atoms with Gasteiger partial charge < -0.3 is 14.7 Å². The second-order valence-electron chi connectivity index (χ2n) is 9.81. The van der Waals surface area contributed by atoms with Gasteiger partial charge in [-0.2, -0.15) is 0 Å². The van der Waals surface area contributed by atoms with Crippen LogP contribution in [0, 0.1) is 11.8 Å². The molecule has 0 spiro atoms. The first kappa shape index (κ1) is 28.1. The molecule has 1 aliphatic rings. The second-order valence-corrected chi connectivity index (χ2v) is 10.8. The smallest absolute Gasteiger partial charge is 0.202 e. The van der Waals surface area contributed by atoms with Crippen LogP contribution in [-0.2, 0) is 16.1 Å². The summed E-state index contributed by atoms with van der Waals surface area (Å²) in [5.74, 6) is -0.176. The van der Waals surface area contributed by atoms with Gasteiger partial charge in [-0.1, -0.05) is 47.9 Å². The summed E-state index contributed by atoms with van der Waals surface area (Å²) in [6.45, 7) is 11.2. The normalized spacial score (nSPS) is 21.6. The summed E-state index contributed by atoms with van der Waals surface area (Å²) in [6, 6.07) is 4.08. The number of aliphatic hydroxyl groups is 1. The first-order valence-corrected chi connectivity index (χ1v) is 13.2. The van der Waals surface area contributed by atoms with Gasteiger partial charge in [0, 0.05) is 23.8 Å². The van der Waals surface area contributed by atoms with Crippen LogP contribution in [0.1, 0.15) is 71.6 Å². The summed E-state index contributed by atoms with van der Waals surface area (Å²) in [7, 11) is 3.44. The first-order valence-electron chi connectivity index (χ1n) is 12.3. The molecule has 1 aromatic rings. The molecule has 1 aliphatic carbocycles. The monoisotopic (exact) mass is 485 g/mol. The Hall–Kier alpha value is -2.11. The number of rotatable bonds is 12. The van der Waals surface area contributed by atoms with Gasteiger partial charge in [-0.3, -0.25) is 4.79 Å². The minimum atomic E-state index is -0.742. The number of thiophene rings is 1. The summed E-state index contributed by atoms with van der Waals surface area (Å²) in [4.78, 5) is 16.2. The molecule has 0 amide bonds. The molecule has 0 radical (unpaired) electrons. The predicted molar refractivity (Wildman–Crippen MR) is 144 cm³/mol. The Morgan fingerprint density at radius 2 is 1.76 bits per heavy atom. The summed E-state index contributed by atoms with van der Waals surface area (Å²) in [5.41, 5.74) is 4.71. The van der Waals surface area contributed by atoms with Gasteiger partial charge in [0.1, 0.15) is 6.10 Å². The van der Waals surface area contributed by atoms with Gasteiger partial charge >= 0.3 is 0 Å². The lowest BCUT2D eigenvalue weighted by Crippen LogP contribution is -2.44. The van der Waals surface area contributed by atoms with Crippen LogP contribution in [0.25, 0.3) is 0 Å². The van der Waals surface area contributed by atoms with Gasteiger partial charge in [0.2, 0.25) is 5.78 Å². The number of Topliss-reactive ketones (excluding diaryl/α,β-unsaturated/α-hetero) is 1. The molecule has 0 bridgehead atoms. The third-order valence-electron chi connectivity index (χ3n) is 6.65. The van der Waals surface area contributed by atoms with Crippen LogP contribution in [-0.4, -0.2) is 36.1 Å². The molecule has 3 atom stereocenters. The molecular formula is C29H43NO3S. The lowest BCUT2D eigenvalue weighted by atomic mass is 9.76. The van der Waals surface area contributed by atoms with Gasteiger partial charge in [0.15, 0.2) is 5.76 Å². The molecule has 1 heterocycles. The van der Waals surface area contributed by atoms with E-state index in [9.17, 15) is 9.90 Å². The number of ether oxygens (including phenoxy) is 1. The van der Waals surface area contributed by atoms with Gasteiger partial charge in [-0.15, -0.1) is 11.3 Å². The molecular weight excluding hydrogens is 442 g/mol. The van der Waals surface area contributed by atoms with Crippen LogP contribution in [0.2, 0.25) is 0 Å². The Bertz CT molecular complexity index is 919. The van der Waals surface area contributed by atoms with E-state index in [1.807, 2.05) is 30.3 Å². The van der Waals surface area contributed by atoms with Gasteiger partial charge in [-0.25, -0.2) is 0 Å². The van der Waals surface area contributed by atoms with E-state index in [1.165, 1.54) is 28.7 Å². The zero-order valence-electron chi connectivity index (χ0n) is 22.1. The maximum atomic E-state index is 13.1. The largest absolute Gasteiger partial charge is 0.491 e. The highest BCUT2D eigenvalue weighted by Crippen LogP contribution is 2.37. The molecule has 1 unspecified atom stereocenters. The van der Waals surface area contributed by atoms with Gasteiger partial charge in [0.25, 0.3) is 0 Å². The highest BCUT2D eigenvalue weighted by Gasteiger charge is 2.42. The number of carbonyl (C=O) groups excluding carboxylic acids is 1. The summed E-state index contributed by atoms with van der Waals surface area (Å²) in [5, 5.41) is 13.4. The second kappa shape index (κ2) is 13.7. The molecule has 2 rings (SSSR count). The summed E-state index contributed by atoms with van der Waals surface area (Å²) < 4.78 is 5.49. The predicted octanol–water partition coefficient (Wildman–Crippen LogP) is 7.04. The molecule has 5 heteroatoms. The van der Waals surface area contributed by atoms with Crippen molar-refractivity contribution in [3.05, 3.63) is 68.8 Å². The van der Waals surface area contributed by atoms with Crippen molar-refractivity contribution in [3.63, 3.8) is 0 Å². The Morgan fingerprint density at radius 3 is 2.35 bits per heavy atom. The number of aliphatic hydroxyl groups excluding tert-OH is 1. The Morgan fingerprint density at radius 1 is 1.12 bits per heavy atom. The van der Waals surface area contributed by atoms with Crippen LogP contribution in [0.3, 0.4) is 0 Å². The topological polar surface area (TPSA) is 49.8 Å². The van der Waals surface area contributed by atoms with Gasteiger partial charge in [-0.05, 0) is 71.2 Å². The van der Waals surface area contributed by atoms with E-state index in [0.29, 0.717) is 24.4 Å². The zero-order chi connectivity index (χ0) is 25.3. The Labute approximate surface area is 210 Å². The number of hydrogen-bond donors (Lipinski definition) is 1. The lowest BCUT2D eigenvalue weighted by molar-refractivity contribution is -0.127. The van der Waals surface area contributed by atoms with E-state index in [1.54, 1.807) is 11.3 Å². The number of methoxy groups -OCH3 is 1. The summed E-state index contributed by atoms with van der Waals surface area (Å²) >= 11 is 1.67. The number of nitrogens with zero attached hydrogens (tertiary/aromatic N) is 1. The standard InChI is InChI=1S/C29H43NO3S/c1-20(2)11-8-12-21(3)13-9-14-22(4)16-17-25-23(5)27(31)29(33-7)26(28(25)32)30(6)19-24-15-10-18-34-24/h10-11,13,15-16,18,23,25,28,32H,8-9,12,14,17,19H2,1-7H3/b21-13+,22-16+/t23-,25-,28?/m0/s1. The minimum absolute atomic E-state index is 0.0215. The van der Waals surface area contributed by atoms with E-state index >= 15 is 0 Å². The van der Waals surface area contributed by atoms with Crippen molar-refractivity contribution in [1.82, 2.24) is 4.90 Å². The SMILES string of the molecule is COC1=C(N(C)Cc2cccs2)C(O)[C@@H](C/C=C(\C)CC/C=C(\C)CCC=C(C)C)[C@H](C)C1=O. The minimum Gasteiger partial charge on any atom is -0.491 e. The molecule has 1 aromatic heterocycles. The molecule has 0 fully saturated rings. The quantitative estimate of drug-likeness (QED) is 0.323. The summed E-state index contributed by atoms with van der Waals surface area (Å²) in [6.07, 6.45) is 11.0. The van der Waals surface area contributed by atoms with E-state index in [0.717, 1.165) is 25.7 Å². The highest BCUT2D eigenvalue weighted by molar-refractivity contribution is 7.09. The zero-order valence-corrected chi connectivity index (χ0v) is 22.9. The first-order chi connectivity index (χ1) is 16.1. The molecule has 188 valence electrons. The molecule has 0 saturated heterocycles. The van der Waals surface area contributed by atoms with Crippen molar-refractivity contribution >= 4 is 17.1 Å². The fraction of sp³-hybridized carbons (Fsp3) is 0.552. The maximum absolute atomic E-state index is 13.1. The Kier molecular flexibility index (Phi) is 11.3. The number of likely N-dealkylation sites (N-methyl/N-ethyl adjacent to an activating group) is 1. The van der Waals surface area contributed by atoms with Crippen molar-refractivity contribution in [1.29, 1.82) is 0 Å². The molecule has 34 heavy (non-hydrogen) atoms. The van der Waals surface area contributed by atoms with Crippen LogP contribution in [0.5, 0.6) is 0 Å². The van der Waals surface area contributed by atoms with Crippen LogP contribution < -0.4 is 0 Å². The number of ketones is 1.